The van der Waals surface area contributed by atoms with Gasteiger partial charge >= 0.3 is 0 Å². The van der Waals surface area contributed by atoms with E-state index in [4.69, 9.17) is 0 Å². The Balaban J connectivity index is 1.80. The number of hydrogen-bond acceptors (Lipinski definition) is 3. The molecule has 0 saturated carbocycles. The molecular formula is C24H16F3NS2. The van der Waals surface area contributed by atoms with Gasteiger partial charge in [0.1, 0.15) is 11.5 Å². The van der Waals surface area contributed by atoms with Crippen LogP contribution in [0.4, 0.5) is 18.9 Å². The molecule has 0 fully saturated rings. The molecule has 30 heavy (non-hydrogen) atoms. The summed E-state index contributed by atoms with van der Waals surface area (Å²) in [6.07, 6.45) is 1.02. The van der Waals surface area contributed by atoms with E-state index >= 15 is 0 Å². The quantitative estimate of drug-likeness (QED) is 0.178. The fourth-order valence-electron chi connectivity index (χ4n) is 2.68. The first-order valence-electron chi connectivity index (χ1n) is 9.13. The van der Waals surface area contributed by atoms with Crippen LogP contribution in [-0.4, -0.2) is 10.9 Å². The average molecular weight is 440 g/mol. The number of isothiocyanates is 1. The van der Waals surface area contributed by atoms with Crippen molar-refractivity contribution in [3.63, 3.8) is 0 Å². The van der Waals surface area contributed by atoms with Crippen molar-refractivity contribution >= 4 is 34.8 Å². The standard InChI is InChI=1S/C24H16F3NS2/c1-2-11-30-20-10-9-18(21(25)14-20)8-5-16-3-6-17(7-4-16)19-12-22(26)24(28-15-29)23(27)13-19/h3-4,6-7,9-10,12-14H,2,11H2,1H3. The second-order valence-electron chi connectivity index (χ2n) is 6.31. The highest BCUT2D eigenvalue weighted by atomic mass is 32.2. The van der Waals surface area contributed by atoms with Gasteiger partial charge < -0.3 is 0 Å². The zero-order valence-corrected chi connectivity index (χ0v) is 17.6. The molecule has 0 N–H and O–H groups in total. The van der Waals surface area contributed by atoms with Crippen molar-refractivity contribution in [3.8, 4) is 23.0 Å². The van der Waals surface area contributed by atoms with Crippen molar-refractivity contribution in [2.45, 2.75) is 18.2 Å². The Morgan fingerprint density at radius 3 is 2.17 bits per heavy atom. The van der Waals surface area contributed by atoms with Gasteiger partial charge in [0.05, 0.1) is 10.7 Å². The summed E-state index contributed by atoms with van der Waals surface area (Å²) in [6, 6.07) is 14.2. The molecule has 0 bridgehead atoms. The van der Waals surface area contributed by atoms with Gasteiger partial charge in [-0.05, 0) is 78.0 Å². The molecule has 0 heterocycles. The first-order chi connectivity index (χ1) is 14.5. The Morgan fingerprint density at radius 2 is 1.57 bits per heavy atom. The summed E-state index contributed by atoms with van der Waals surface area (Å²) in [7, 11) is 0. The van der Waals surface area contributed by atoms with Crippen molar-refractivity contribution in [1.82, 2.24) is 0 Å². The van der Waals surface area contributed by atoms with Crippen LogP contribution in [0, 0.1) is 29.3 Å². The molecule has 0 saturated heterocycles. The lowest BCUT2D eigenvalue weighted by molar-refractivity contribution is 0.588. The van der Waals surface area contributed by atoms with E-state index in [1.807, 2.05) is 11.2 Å². The summed E-state index contributed by atoms with van der Waals surface area (Å²) in [5.41, 5.74) is 1.49. The molecule has 3 rings (SSSR count). The lowest BCUT2D eigenvalue weighted by atomic mass is 10.0. The topological polar surface area (TPSA) is 12.4 Å². The van der Waals surface area contributed by atoms with E-state index in [1.165, 1.54) is 18.2 Å². The Labute approximate surface area is 183 Å². The van der Waals surface area contributed by atoms with Gasteiger partial charge in [0.2, 0.25) is 0 Å². The van der Waals surface area contributed by atoms with Gasteiger partial charge in [0.15, 0.2) is 11.6 Å². The molecule has 0 radical (unpaired) electrons. The molecule has 150 valence electrons. The minimum Gasteiger partial charge on any atom is -0.206 e. The minimum atomic E-state index is -0.817. The van der Waals surface area contributed by atoms with Crippen LogP contribution in [0.1, 0.15) is 24.5 Å². The molecule has 6 heteroatoms. The van der Waals surface area contributed by atoms with Gasteiger partial charge in [0.25, 0.3) is 0 Å². The van der Waals surface area contributed by atoms with Crippen LogP contribution in [-0.2, 0) is 0 Å². The van der Waals surface area contributed by atoms with Gasteiger partial charge in [-0.15, -0.1) is 11.8 Å². The Hall–Kier alpha value is -2.84. The van der Waals surface area contributed by atoms with Gasteiger partial charge in [-0.2, -0.15) is 4.99 Å². The predicted octanol–water partition coefficient (Wildman–Crippen LogP) is 7.41. The van der Waals surface area contributed by atoms with Crippen LogP contribution in [0.5, 0.6) is 0 Å². The number of hydrogen-bond donors (Lipinski definition) is 0. The maximum atomic E-state index is 14.2. The first-order valence-corrected chi connectivity index (χ1v) is 10.5. The number of rotatable bonds is 5. The van der Waals surface area contributed by atoms with Crippen LogP contribution in [0.25, 0.3) is 11.1 Å². The fraction of sp³-hybridized carbons (Fsp3) is 0.125. The summed E-state index contributed by atoms with van der Waals surface area (Å²) in [5, 5.41) is 1.96. The molecule has 0 aliphatic carbocycles. The molecule has 0 aliphatic heterocycles. The molecule has 3 aromatic carbocycles. The van der Waals surface area contributed by atoms with Crippen LogP contribution in [0.15, 0.2) is 64.5 Å². The van der Waals surface area contributed by atoms with E-state index < -0.39 is 17.3 Å². The van der Waals surface area contributed by atoms with Crippen molar-refractivity contribution in [2.75, 3.05) is 5.75 Å². The van der Waals surface area contributed by atoms with Crippen LogP contribution >= 0.6 is 24.0 Å². The summed E-state index contributed by atoms with van der Waals surface area (Å²) in [4.78, 5) is 4.28. The summed E-state index contributed by atoms with van der Waals surface area (Å²) in [6.45, 7) is 2.08. The van der Waals surface area contributed by atoms with E-state index in [1.54, 1.807) is 42.1 Å². The fourth-order valence-corrected chi connectivity index (χ4v) is 3.56. The molecular weight excluding hydrogens is 423 g/mol. The lowest BCUT2D eigenvalue weighted by Gasteiger charge is -2.05. The summed E-state index contributed by atoms with van der Waals surface area (Å²) < 4.78 is 42.3. The smallest absolute Gasteiger partial charge is 0.153 e. The third kappa shape index (κ3) is 5.40. The lowest BCUT2D eigenvalue weighted by Crippen LogP contribution is -1.87. The number of benzene rings is 3. The second kappa shape index (κ2) is 10.3. The molecule has 0 atom stereocenters. The largest absolute Gasteiger partial charge is 0.206 e. The molecule has 1 nitrogen and oxygen atoms in total. The number of thioether (sulfide) groups is 1. The molecule has 3 aromatic rings. The molecule has 0 unspecified atom stereocenters. The Morgan fingerprint density at radius 1 is 0.867 bits per heavy atom. The summed E-state index contributed by atoms with van der Waals surface area (Å²) in [5.74, 6) is 4.69. The van der Waals surface area contributed by atoms with Crippen molar-refractivity contribution in [2.24, 2.45) is 4.99 Å². The van der Waals surface area contributed by atoms with Crippen molar-refractivity contribution in [3.05, 3.63) is 83.2 Å². The van der Waals surface area contributed by atoms with E-state index in [0.717, 1.165) is 17.1 Å². The van der Waals surface area contributed by atoms with Gasteiger partial charge in [-0.25, -0.2) is 13.2 Å². The van der Waals surface area contributed by atoms with Crippen LogP contribution in [0.3, 0.4) is 0 Å². The second-order valence-corrected chi connectivity index (χ2v) is 7.66. The number of aliphatic imine (C=N–C) groups is 1. The number of nitrogens with zero attached hydrogens (tertiary/aromatic N) is 1. The van der Waals surface area contributed by atoms with Crippen molar-refractivity contribution in [1.29, 1.82) is 0 Å². The van der Waals surface area contributed by atoms with E-state index in [-0.39, 0.29) is 5.82 Å². The molecule has 0 aliphatic rings. The highest BCUT2D eigenvalue weighted by Gasteiger charge is 2.11. The zero-order valence-electron chi connectivity index (χ0n) is 16.0. The monoisotopic (exact) mass is 439 g/mol. The summed E-state index contributed by atoms with van der Waals surface area (Å²) >= 11 is 6.00. The average Bonchev–Trinajstić information content (AvgIpc) is 2.74. The maximum Gasteiger partial charge on any atom is 0.153 e. The molecule has 0 spiro atoms. The number of thiocarbonyl (C=S) groups is 1. The normalized spacial score (nSPS) is 10.1. The Bertz CT molecular complexity index is 1150. The molecule has 0 aromatic heterocycles. The Kier molecular flexibility index (Phi) is 7.48. The van der Waals surface area contributed by atoms with Crippen LogP contribution < -0.4 is 0 Å². The highest BCUT2D eigenvalue weighted by Crippen LogP contribution is 2.29. The van der Waals surface area contributed by atoms with Gasteiger partial charge in [0, 0.05) is 10.5 Å². The number of halogens is 3. The van der Waals surface area contributed by atoms with E-state index in [2.05, 4.69) is 36.0 Å². The predicted molar refractivity (Wildman–Crippen MR) is 120 cm³/mol. The third-order valence-corrected chi connectivity index (χ3v) is 5.44. The van der Waals surface area contributed by atoms with Gasteiger partial charge in [-0.3, -0.25) is 0 Å². The zero-order chi connectivity index (χ0) is 21.5. The molecule has 0 amide bonds. The SMILES string of the molecule is CCCSc1ccc(C#Cc2ccc(-c3cc(F)c(N=C=S)c(F)c3)cc2)c(F)c1. The van der Waals surface area contributed by atoms with Crippen molar-refractivity contribution < 1.29 is 13.2 Å². The first kappa shape index (κ1) is 21.9. The van der Waals surface area contributed by atoms with Crippen LogP contribution in [0.2, 0.25) is 0 Å². The maximum absolute atomic E-state index is 14.2. The minimum absolute atomic E-state index is 0.318. The third-order valence-electron chi connectivity index (χ3n) is 4.15. The van der Waals surface area contributed by atoms with E-state index in [9.17, 15) is 13.2 Å². The highest BCUT2D eigenvalue weighted by molar-refractivity contribution is 7.99. The van der Waals surface area contributed by atoms with Gasteiger partial charge in [-0.1, -0.05) is 30.9 Å². The van der Waals surface area contributed by atoms with E-state index in [0.29, 0.717) is 22.3 Å².